The van der Waals surface area contributed by atoms with Crippen LogP contribution < -0.4 is 29.3 Å². The molecule has 3 heterocycles. The SMILES string of the molecule is COc1ccc(CN(Cc2ccc(OC)cc2)c2cc(C)c(C(F)(F)F)c(-c3c(Cl)cc4c(N5CCNC[C@@H]5C)nc(OCC=O)nc4c3F)n2)cc1. The highest BCUT2D eigenvalue weighted by atomic mass is 35.5. The van der Waals surface area contributed by atoms with E-state index in [-0.39, 0.29) is 58.3 Å². The highest BCUT2D eigenvalue weighted by Crippen LogP contribution is 2.45. The van der Waals surface area contributed by atoms with Crippen molar-refractivity contribution in [2.75, 3.05) is 50.3 Å². The number of hydrogen-bond acceptors (Lipinski definition) is 10. The maximum absolute atomic E-state index is 17.1. The Labute approximate surface area is 308 Å². The van der Waals surface area contributed by atoms with Gasteiger partial charge in [-0.05, 0) is 66.9 Å². The molecule has 1 N–H and O–H groups in total. The number of aldehydes is 1. The molecule has 278 valence electrons. The summed E-state index contributed by atoms with van der Waals surface area (Å²) in [5.41, 5.74) is -1.28. The number of nitrogens with one attached hydrogen (secondary N) is 1. The van der Waals surface area contributed by atoms with Crippen molar-refractivity contribution < 1.29 is 36.6 Å². The van der Waals surface area contributed by atoms with Gasteiger partial charge in [0, 0.05) is 44.2 Å². The smallest absolute Gasteiger partial charge is 0.418 e. The molecule has 0 amide bonds. The highest BCUT2D eigenvalue weighted by molar-refractivity contribution is 6.34. The number of pyridine rings is 1. The molecule has 1 aliphatic heterocycles. The third kappa shape index (κ3) is 8.08. The predicted molar refractivity (Wildman–Crippen MR) is 195 cm³/mol. The molecule has 2 aromatic heterocycles. The van der Waals surface area contributed by atoms with E-state index in [4.69, 9.17) is 25.8 Å². The number of benzene rings is 3. The van der Waals surface area contributed by atoms with Crippen LogP contribution in [0.2, 0.25) is 5.02 Å². The molecule has 15 heteroatoms. The minimum absolute atomic E-state index is 0.0949. The van der Waals surface area contributed by atoms with Gasteiger partial charge in [-0.1, -0.05) is 35.9 Å². The van der Waals surface area contributed by atoms with Crippen LogP contribution in [0.3, 0.4) is 0 Å². The summed E-state index contributed by atoms with van der Waals surface area (Å²) in [4.78, 5) is 28.1. The number of aryl methyl sites for hydroxylation is 1. The number of piperazine rings is 1. The minimum Gasteiger partial charge on any atom is -0.497 e. The zero-order chi connectivity index (χ0) is 37.9. The molecule has 0 spiro atoms. The maximum atomic E-state index is 17.1. The first kappa shape index (κ1) is 37.5. The molecule has 1 aliphatic rings. The molecule has 0 bridgehead atoms. The van der Waals surface area contributed by atoms with Crippen molar-refractivity contribution in [2.45, 2.75) is 39.2 Å². The Kier molecular flexibility index (Phi) is 11.2. The summed E-state index contributed by atoms with van der Waals surface area (Å²) in [7, 11) is 3.10. The first-order valence-electron chi connectivity index (χ1n) is 16.7. The van der Waals surface area contributed by atoms with Crippen LogP contribution in [0.15, 0.2) is 60.7 Å². The van der Waals surface area contributed by atoms with Gasteiger partial charge in [0.05, 0.1) is 36.1 Å². The van der Waals surface area contributed by atoms with Gasteiger partial charge in [-0.2, -0.15) is 23.1 Å². The Morgan fingerprint density at radius 1 is 0.981 bits per heavy atom. The number of alkyl halides is 3. The first-order chi connectivity index (χ1) is 25.4. The van der Waals surface area contributed by atoms with Crippen molar-refractivity contribution in [3.8, 4) is 28.8 Å². The Hall–Kier alpha value is -5.21. The second-order valence-electron chi connectivity index (χ2n) is 12.6. The van der Waals surface area contributed by atoms with Crippen molar-refractivity contribution in [1.29, 1.82) is 0 Å². The number of halogens is 5. The lowest BCUT2D eigenvalue weighted by Crippen LogP contribution is -2.50. The van der Waals surface area contributed by atoms with E-state index in [0.29, 0.717) is 37.4 Å². The zero-order valence-electron chi connectivity index (χ0n) is 29.4. The third-order valence-corrected chi connectivity index (χ3v) is 9.31. The van der Waals surface area contributed by atoms with Gasteiger partial charge in [0.2, 0.25) is 0 Å². The molecule has 1 saturated heterocycles. The van der Waals surface area contributed by atoms with Crippen molar-refractivity contribution in [3.63, 3.8) is 0 Å². The fourth-order valence-corrected chi connectivity index (χ4v) is 6.68. The van der Waals surface area contributed by atoms with Crippen LogP contribution in [-0.2, 0) is 24.1 Å². The number of aromatic nitrogens is 3. The van der Waals surface area contributed by atoms with Crippen LogP contribution >= 0.6 is 11.6 Å². The van der Waals surface area contributed by atoms with Crippen LogP contribution in [0.25, 0.3) is 22.2 Å². The summed E-state index contributed by atoms with van der Waals surface area (Å²) < 4.78 is 77.9. The molecule has 5 aromatic rings. The number of nitrogens with zero attached hydrogens (tertiary/aromatic N) is 5. The molecule has 6 rings (SSSR count). The lowest BCUT2D eigenvalue weighted by molar-refractivity contribution is -0.137. The van der Waals surface area contributed by atoms with Gasteiger partial charge in [-0.3, -0.25) is 4.79 Å². The third-order valence-electron chi connectivity index (χ3n) is 9.01. The lowest BCUT2D eigenvalue weighted by Gasteiger charge is -2.35. The Balaban J connectivity index is 1.56. The normalized spacial score (nSPS) is 14.7. The fourth-order valence-electron chi connectivity index (χ4n) is 6.40. The number of rotatable bonds is 12. The standard InChI is InChI=1S/C38H37ClF4N6O4/c1-22-17-30(48(20-24-5-9-26(51-3)10-6-24)21-25-7-11-27(52-4)12-8-25)45-35(32(22)38(41,42)43)31-29(39)18-28-34(33(31)40)46-37(53-16-15-50)47-36(28)49-14-13-44-19-23(49)2/h5-12,15,17-18,23,44H,13-14,16,19-21H2,1-4H3/t23-/m0/s1. The maximum Gasteiger partial charge on any atom is 0.418 e. The summed E-state index contributed by atoms with van der Waals surface area (Å²) >= 11 is 6.79. The monoisotopic (exact) mass is 752 g/mol. The van der Waals surface area contributed by atoms with E-state index in [1.54, 1.807) is 43.4 Å². The van der Waals surface area contributed by atoms with Gasteiger partial charge in [-0.15, -0.1) is 0 Å². The Bertz CT molecular complexity index is 2050. The Morgan fingerprint density at radius 3 is 2.15 bits per heavy atom. The van der Waals surface area contributed by atoms with Gasteiger partial charge in [0.25, 0.3) is 0 Å². The van der Waals surface area contributed by atoms with Gasteiger partial charge >= 0.3 is 12.2 Å². The van der Waals surface area contributed by atoms with Crippen molar-refractivity contribution in [3.05, 3.63) is 93.8 Å². The summed E-state index contributed by atoms with van der Waals surface area (Å²) in [6.07, 6.45) is -4.44. The summed E-state index contributed by atoms with van der Waals surface area (Å²) in [5.74, 6) is 0.569. The largest absolute Gasteiger partial charge is 0.497 e. The van der Waals surface area contributed by atoms with Gasteiger partial charge in [-0.25, -0.2) is 9.37 Å². The van der Waals surface area contributed by atoms with Crippen LogP contribution in [0.4, 0.5) is 29.2 Å². The van der Waals surface area contributed by atoms with Crippen molar-refractivity contribution in [2.24, 2.45) is 0 Å². The molecular weight excluding hydrogens is 716 g/mol. The summed E-state index contributed by atoms with van der Waals surface area (Å²) in [6, 6.07) is 16.8. The van der Waals surface area contributed by atoms with E-state index in [9.17, 15) is 18.0 Å². The molecule has 53 heavy (non-hydrogen) atoms. The molecule has 1 atom stereocenters. The minimum atomic E-state index is -4.93. The molecule has 1 fully saturated rings. The number of hydrogen-bond donors (Lipinski definition) is 1. The number of anilines is 2. The van der Waals surface area contributed by atoms with Crippen LogP contribution in [0.1, 0.15) is 29.2 Å². The van der Waals surface area contributed by atoms with Crippen LogP contribution in [-0.4, -0.2) is 67.7 Å². The average Bonchev–Trinajstić information content (AvgIpc) is 3.13. The van der Waals surface area contributed by atoms with E-state index < -0.39 is 35.4 Å². The average molecular weight is 753 g/mol. The second kappa shape index (κ2) is 15.8. The fraction of sp³-hybridized carbons (Fsp3) is 0.316. The Morgan fingerprint density at radius 2 is 1.60 bits per heavy atom. The first-order valence-corrected chi connectivity index (χ1v) is 17.1. The number of methoxy groups -OCH3 is 2. The highest BCUT2D eigenvalue weighted by Gasteiger charge is 2.39. The molecule has 0 saturated carbocycles. The molecule has 10 nitrogen and oxygen atoms in total. The summed E-state index contributed by atoms with van der Waals surface area (Å²) in [5, 5.41) is 3.13. The van der Waals surface area contributed by atoms with Crippen molar-refractivity contribution >= 4 is 40.4 Å². The van der Waals surface area contributed by atoms with E-state index in [1.807, 2.05) is 36.1 Å². The predicted octanol–water partition coefficient (Wildman–Crippen LogP) is 7.41. The number of ether oxygens (including phenoxy) is 3. The van der Waals surface area contributed by atoms with Crippen LogP contribution in [0.5, 0.6) is 17.5 Å². The molecule has 0 aliphatic carbocycles. The summed E-state index contributed by atoms with van der Waals surface area (Å²) in [6.45, 7) is 4.98. The van der Waals surface area contributed by atoms with Crippen molar-refractivity contribution in [1.82, 2.24) is 20.3 Å². The van der Waals surface area contributed by atoms with E-state index in [0.717, 1.165) is 11.1 Å². The van der Waals surface area contributed by atoms with Gasteiger partial charge < -0.3 is 29.3 Å². The van der Waals surface area contributed by atoms with Crippen LogP contribution in [0, 0.1) is 12.7 Å². The van der Waals surface area contributed by atoms with E-state index in [1.165, 1.54) is 19.1 Å². The number of fused-ring (bicyclic) bond motifs is 1. The van der Waals surface area contributed by atoms with Gasteiger partial charge in [0.1, 0.15) is 35.3 Å². The molecular formula is C38H37ClF4N6O4. The van der Waals surface area contributed by atoms with E-state index in [2.05, 4.69) is 20.3 Å². The van der Waals surface area contributed by atoms with Gasteiger partial charge in [0.15, 0.2) is 12.1 Å². The van der Waals surface area contributed by atoms with E-state index >= 15 is 4.39 Å². The lowest BCUT2D eigenvalue weighted by atomic mass is 9.98. The zero-order valence-corrected chi connectivity index (χ0v) is 30.2. The molecule has 3 aromatic carbocycles. The number of carbonyl (C=O) groups is 1. The quantitative estimate of drug-likeness (QED) is 0.102. The molecule has 0 unspecified atom stereocenters. The molecule has 0 radical (unpaired) electrons. The topological polar surface area (TPSA) is 102 Å². The second-order valence-corrected chi connectivity index (χ2v) is 13.0. The number of carbonyl (C=O) groups excluding carboxylic acids is 1.